The first-order valence-electron chi connectivity index (χ1n) is 6.70. The molecular formula is C15H22N2O. The molecule has 1 heterocycles. The third-order valence-electron chi connectivity index (χ3n) is 3.97. The molecule has 1 aliphatic rings. The molecule has 18 heavy (non-hydrogen) atoms. The minimum Gasteiger partial charge on any atom is -0.316 e. The van der Waals surface area contributed by atoms with E-state index in [1.165, 1.54) is 5.56 Å². The molecule has 1 unspecified atom stereocenters. The first-order valence-corrected chi connectivity index (χ1v) is 6.70. The number of hydrogen-bond donors (Lipinski definition) is 1. The lowest BCUT2D eigenvalue weighted by molar-refractivity contribution is -0.123. The number of aryl methyl sites for hydroxylation is 1. The molecule has 1 atom stereocenters. The average Bonchev–Trinajstić information content (AvgIpc) is 2.35. The van der Waals surface area contributed by atoms with Crippen LogP contribution in [-0.2, 0) is 11.2 Å². The maximum absolute atomic E-state index is 12.3. The van der Waals surface area contributed by atoms with E-state index in [4.69, 9.17) is 0 Å². The zero-order valence-electron chi connectivity index (χ0n) is 11.4. The van der Waals surface area contributed by atoms with Crippen LogP contribution in [0, 0.1) is 11.8 Å². The average molecular weight is 246 g/mol. The number of benzene rings is 1. The van der Waals surface area contributed by atoms with Crippen LogP contribution in [0.25, 0.3) is 0 Å². The van der Waals surface area contributed by atoms with Crippen molar-refractivity contribution in [2.45, 2.75) is 20.3 Å². The highest BCUT2D eigenvalue weighted by molar-refractivity contribution is 5.94. The van der Waals surface area contributed by atoms with Gasteiger partial charge in [-0.15, -0.1) is 0 Å². The molecule has 1 aromatic carbocycles. The number of carbonyl (C=O) groups excluding carboxylic acids is 1. The Kier molecular flexibility index (Phi) is 4.02. The van der Waals surface area contributed by atoms with Crippen LogP contribution in [0.2, 0.25) is 0 Å². The van der Waals surface area contributed by atoms with Crippen LogP contribution in [0.1, 0.15) is 19.4 Å². The van der Waals surface area contributed by atoms with Crippen molar-refractivity contribution in [1.29, 1.82) is 0 Å². The lowest BCUT2D eigenvalue weighted by atomic mass is 9.88. The fraction of sp³-hybridized carbons (Fsp3) is 0.533. The summed E-state index contributed by atoms with van der Waals surface area (Å²) in [6, 6.07) is 8.24. The Hall–Kier alpha value is -1.35. The van der Waals surface area contributed by atoms with Gasteiger partial charge in [0.1, 0.15) is 0 Å². The van der Waals surface area contributed by atoms with E-state index in [1.54, 1.807) is 4.90 Å². The number of carbonyl (C=O) groups is 1. The quantitative estimate of drug-likeness (QED) is 0.882. The van der Waals surface area contributed by atoms with Gasteiger partial charge < -0.3 is 10.2 Å². The number of nitrogens with zero attached hydrogens (tertiary/aromatic N) is 1. The summed E-state index contributed by atoms with van der Waals surface area (Å²) < 4.78 is 0. The van der Waals surface area contributed by atoms with E-state index in [2.05, 4.69) is 24.4 Å². The summed E-state index contributed by atoms with van der Waals surface area (Å²) in [6.07, 6.45) is 1.03. The second-order valence-electron chi connectivity index (χ2n) is 5.12. The van der Waals surface area contributed by atoms with Crippen LogP contribution in [0.3, 0.4) is 0 Å². The predicted molar refractivity (Wildman–Crippen MR) is 74.8 cm³/mol. The lowest BCUT2D eigenvalue weighted by Crippen LogP contribution is -2.50. The van der Waals surface area contributed by atoms with Gasteiger partial charge in [-0.05, 0) is 43.1 Å². The normalized spacial score (nSPS) is 17.1. The Labute approximate surface area is 109 Å². The van der Waals surface area contributed by atoms with Crippen molar-refractivity contribution in [3.63, 3.8) is 0 Å². The molecule has 98 valence electrons. The van der Waals surface area contributed by atoms with Crippen LogP contribution >= 0.6 is 0 Å². The van der Waals surface area contributed by atoms with Gasteiger partial charge in [-0.2, -0.15) is 0 Å². The predicted octanol–water partition coefficient (Wildman–Crippen LogP) is 2.07. The number of amides is 1. The Morgan fingerprint density at radius 2 is 2.00 bits per heavy atom. The van der Waals surface area contributed by atoms with Gasteiger partial charge in [-0.3, -0.25) is 4.79 Å². The molecule has 1 amide bonds. The largest absolute Gasteiger partial charge is 0.316 e. The van der Waals surface area contributed by atoms with Gasteiger partial charge in [0, 0.05) is 18.7 Å². The summed E-state index contributed by atoms with van der Waals surface area (Å²) in [4.78, 5) is 14.1. The summed E-state index contributed by atoms with van der Waals surface area (Å²) in [5.74, 6) is 0.808. The Balaban J connectivity index is 2.04. The highest BCUT2D eigenvalue weighted by Crippen LogP contribution is 2.22. The highest BCUT2D eigenvalue weighted by Gasteiger charge is 2.30. The molecule has 2 rings (SSSR count). The van der Waals surface area contributed by atoms with Gasteiger partial charge >= 0.3 is 0 Å². The first-order chi connectivity index (χ1) is 8.63. The van der Waals surface area contributed by atoms with Gasteiger partial charge in [-0.25, -0.2) is 0 Å². The van der Waals surface area contributed by atoms with Gasteiger partial charge in [-0.1, -0.05) is 26.0 Å². The summed E-state index contributed by atoms with van der Waals surface area (Å²) in [5.41, 5.74) is 2.28. The summed E-state index contributed by atoms with van der Waals surface area (Å²) in [6.45, 7) is 6.10. The molecule has 1 saturated heterocycles. The molecule has 1 aromatic rings. The maximum atomic E-state index is 12.3. The van der Waals surface area contributed by atoms with E-state index in [-0.39, 0.29) is 11.8 Å². The maximum Gasteiger partial charge on any atom is 0.229 e. The van der Waals surface area contributed by atoms with E-state index in [0.717, 1.165) is 25.2 Å². The van der Waals surface area contributed by atoms with Gasteiger partial charge in [0.15, 0.2) is 0 Å². The van der Waals surface area contributed by atoms with Crippen molar-refractivity contribution in [2.24, 2.45) is 11.8 Å². The van der Waals surface area contributed by atoms with E-state index >= 15 is 0 Å². The van der Waals surface area contributed by atoms with Crippen molar-refractivity contribution >= 4 is 11.6 Å². The molecular weight excluding hydrogens is 224 g/mol. The Bertz CT molecular complexity index is 409. The van der Waals surface area contributed by atoms with E-state index < -0.39 is 0 Å². The molecule has 0 aliphatic carbocycles. The number of hydrogen-bond acceptors (Lipinski definition) is 2. The molecule has 3 nitrogen and oxygen atoms in total. The molecule has 3 heteroatoms. The second-order valence-corrected chi connectivity index (χ2v) is 5.12. The minimum absolute atomic E-state index is 0.0992. The number of rotatable bonds is 4. The molecule has 0 spiro atoms. The van der Waals surface area contributed by atoms with Gasteiger partial charge in [0.25, 0.3) is 0 Å². The summed E-state index contributed by atoms with van der Waals surface area (Å²) in [7, 11) is 1.87. The fourth-order valence-corrected chi connectivity index (χ4v) is 2.25. The van der Waals surface area contributed by atoms with Crippen molar-refractivity contribution in [3.8, 4) is 0 Å². The lowest BCUT2D eigenvalue weighted by Gasteiger charge is -2.34. The smallest absolute Gasteiger partial charge is 0.229 e. The minimum atomic E-state index is 0.0992. The molecule has 0 bridgehead atoms. The number of nitrogens with one attached hydrogen (secondary N) is 1. The summed E-state index contributed by atoms with van der Waals surface area (Å²) in [5, 5.41) is 3.22. The SMILES string of the molecule is CCc1ccc(N(C)C(=O)C(C)C2CNC2)cc1. The van der Waals surface area contributed by atoms with Crippen LogP contribution in [0.15, 0.2) is 24.3 Å². The zero-order chi connectivity index (χ0) is 13.1. The molecule has 0 saturated carbocycles. The molecule has 0 aromatic heterocycles. The molecule has 1 aliphatic heterocycles. The van der Waals surface area contributed by atoms with E-state index in [9.17, 15) is 4.79 Å². The van der Waals surface area contributed by atoms with Crippen LogP contribution in [-0.4, -0.2) is 26.0 Å². The third-order valence-corrected chi connectivity index (χ3v) is 3.97. The standard InChI is InChI=1S/C15H22N2O/c1-4-12-5-7-14(8-6-12)17(3)15(18)11(2)13-9-16-10-13/h5-8,11,13,16H,4,9-10H2,1-3H3. The van der Waals surface area contributed by atoms with Crippen LogP contribution in [0.5, 0.6) is 0 Å². The van der Waals surface area contributed by atoms with Crippen molar-refractivity contribution in [1.82, 2.24) is 5.32 Å². The second kappa shape index (κ2) is 5.53. The van der Waals surface area contributed by atoms with Gasteiger partial charge in [0.2, 0.25) is 5.91 Å². The Morgan fingerprint density at radius 3 is 2.44 bits per heavy atom. The van der Waals surface area contributed by atoms with Crippen LogP contribution < -0.4 is 10.2 Å². The molecule has 1 fully saturated rings. The van der Waals surface area contributed by atoms with Crippen molar-refractivity contribution in [2.75, 3.05) is 25.0 Å². The first kappa shape index (κ1) is 13.1. The summed E-state index contributed by atoms with van der Waals surface area (Å²) >= 11 is 0. The number of anilines is 1. The fourth-order valence-electron chi connectivity index (χ4n) is 2.25. The van der Waals surface area contributed by atoms with Gasteiger partial charge in [0.05, 0.1) is 0 Å². The highest BCUT2D eigenvalue weighted by atomic mass is 16.2. The van der Waals surface area contributed by atoms with Crippen molar-refractivity contribution < 1.29 is 4.79 Å². The Morgan fingerprint density at radius 1 is 1.39 bits per heavy atom. The monoisotopic (exact) mass is 246 g/mol. The molecule has 1 N–H and O–H groups in total. The van der Waals surface area contributed by atoms with E-state index in [0.29, 0.717) is 5.92 Å². The van der Waals surface area contributed by atoms with Crippen molar-refractivity contribution in [3.05, 3.63) is 29.8 Å². The topological polar surface area (TPSA) is 32.3 Å². The van der Waals surface area contributed by atoms with Crippen LogP contribution in [0.4, 0.5) is 5.69 Å². The zero-order valence-corrected chi connectivity index (χ0v) is 11.4. The molecule has 0 radical (unpaired) electrons. The van der Waals surface area contributed by atoms with E-state index in [1.807, 2.05) is 26.1 Å². The third kappa shape index (κ3) is 2.56.